The minimum Gasteiger partial charge on any atom is -0.756 e. The average molecular weight is 929 g/mol. The number of carbonyl (C=O) groups excluding carboxylic acids is 2. The highest BCUT2D eigenvalue weighted by Gasteiger charge is 2.27. The molecule has 9 nitrogen and oxygen atoms in total. The molecule has 65 heavy (non-hydrogen) atoms. The SMILES string of the molecule is CC/C=C/C=C/C=C\CCCCCCCC(=O)NC(COP(=O)([O-])OCC[N+](C)(C)C)C(/C=C/CCCCCCCCCCC)OC(=O)CCCCCCCCC/C=C/C=C/C=C/CC. The number of amides is 1. The Morgan fingerprint density at radius 3 is 1.46 bits per heavy atom. The third-order valence-electron chi connectivity index (χ3n) is 10.9. The zero-order valence-electron chi connectivity index (χ0n) is 42.4. The predicted molar refractivity (Wildman–Crippen MR) is 274 cm³/mol. The van der Waals surface area contributed by atoms with Crippen molar-refractivity contribution in [2.24, 2.45) is 0 Å². The molecule has 0 bridgehead atoms. The van der Waals surface area contributed by atoms with E-state index in [0.29, 0.717) is 23.9 Å². The molecule has 0 aromatic heterocycles. The molecular weight excluding hydrogens is 832 g/mol. The van der Waals surface area contributed by atoms with Crippen LogP contribution in [0, 0.1) is 0 Å². The van der Waals surface area contributed by atoms with E-state index in [0.717, 1.165) is 89.9 Å². The molecule has 3 atom stereocenters. The van der Waals surface area contributed by atoms with Crippen molar-refractivity contribution < 1.29 is 37.3 Å². The van der Waals surface area contributed by atoms with Crippen molar-refractivity contribution in [3.63, 3.8) is 0 Å². The Bertz CT molecular complexity index is 1390. The topological polar surface area (TPSA) is 114 Å². The van der Waals surface area contributed by atoms with E-state index >= 15 is 0 Å². The van der Waals surface area contributed by atoms with Crippen LogP contribution in [0.3, 0.4) is 0 Å². The highest BCUT2D eigenvalue weighted by Crippen LogP contribution is 2.38. The Kier molecular flexibility index (Phi) is 43.1. The molecule has 10 heteroatoms. The summed E-state index contributed by atoms with van der Waals surface area (Å²) in [6.07, 6.45) is 56.9. The van der Waals surface area contributed by atoms with Crippen molar-refractivity contribution in [1.82, 2.24) is 5.32 Å². The van der Waals surface area contributed by atoms with E-state index in [4.69, 9.17) is 13.8 Å². The summed E-state index contributed by atoms with van der Waals surface area (Å²) in [5.74, 6) is -0.588. The van der Waals surface area contributed by atoms with E-state index in [2.05, 4.69) is 92.9 Å². The lowest BCUT2D eigenvalue weighted by atomic mass is 10.1. The zero-order valence-corrected chi connectivity index (χ0v) is 43.3. The largest absolute Gasteiger partial charge is 0.756 e. The summed E-state index contributed by atoms with van der Waals surface area (Å²) in [6, 6.07) is -0.905. The summed E-state index contributed by atoms with van der Waals surface area (Å²) in [4.78, 5) is 39.7. The quantitative estimate of drug-likeness (QED) is 0.0162. The Morgan fingerprint density at radius 1 is 0.554 bits per heavy atom. The fourth-order valence-corrected chi connectivity index (χ4v) is 7.65. The predicted octanol–water partition coefficient (Wildman–Crippen LogP) is 14.5. The molecule has 0 aromatic rings. The molecule has 0 aliphatic carbocycles. The van der Waals surface area contributed by atoms with Crippen LogP contribution >= 0.6 is 7.82 Å². The number of hydrogen-bond donors (Lipinski definition) is 1. The van der Waals surface area contributed by atoms with Crippen molar-refractivity contribution in [3.05, 3.63) is 85.1 Å². The van der Waals surface area contributed by atoms with Crippen molar-refractivity contribution in [1.29, 1.82) is 0 Å². The second kappa shape index (κ2) is 45.0. The first kappa shape index (κ1) is 62.2. The van der Waals surface area contributed by atoms with Crippen molar-refractivity contribution in [3.8, 4) is 0 Å². The maximum absolute atomic E-state index is 13.4. The molecule has 0 heterocycles. The minimum atomic E-state index is -4.70. The number of hydrogen-bond acceptors (Lipinski definition) is 7. The van der Waals surface area contributed by atoms with Gasteiger partial charge in [-0.1, -0.05) is 202 Å². The molecular formula is C55H97N2O7P. The van der Waals surface area contributed by atoms with Crippen LogP contribution in [-0.4, -0.2) is 69.4 Å². The summed E-state index contributed by atoms with van der Waals surface area (Å²) in [5, 5.41) is 2.99. The van der Waals surface area contributed by atoms with Gasteiger partial charge in [-0.2, -0.15) is 0 Å². The molecule has 0 saturated carbocycles. The Labute approximate surface area is 399 Å². The van der Waals surface area contributed by atoms with Crippen LogP contribution in [0.4, 0.5) is 0 Å². The summed E-state index contributed by atoms with van der Waals surface area (Å²) in [5.41, 5.74) is 0. The second-order valence-electron chi connectivity index (χ2n) is 18.4. The number of ether oxygens (including phenoxy) is 1. The first-order valence-corrected chi connectivity index (χ1v) is 27.4. The van der Waals surface area contributed by atoms with Gasteiger partial charge in [-0.15, -0.1) is 0 Å². The number of nitrogens with zero attached hydrogens (tertiary/aromatic N) is 1. The van der Waals surface area contributed by atoms with Gasteiger partial charge in [-0.05, 0) is 70.3 Å². The lowest BCUT2D eigenvalue weighted by Gasteiger charge is -2.30. The smallest absolute Gasteiger partial charge is 0.306 e. The monoisotopic (exact) mass is 929 g/mol. The summed E-state index contributed by atoms with van der Waals surface area (Å²) in [7, 11) is 1.15. The number of rotatable bonds is 45. The summed E-state index contributed by atoms with van der Waals surface area (Å²) < 4.78 is 30.1. The molecule has 0 rings (SSSR count). The highest BCUT2D eigenvalue weighted by atomic mass is 31.2. The molecule has 0 aliphatic rings. The third kappa shape index (κ3) is 46.1. The van der Waals surface area contributed by atoms with Crippen LogP contribution in [0.1, 0.15) is 201 Å². The lowest BCUT2D eigenvalue weighted by Crippen LogP contribution is -2.47. The van der Waals surface area contributed by atoms with Crippen molar-refractivity contribution >= 4 is 19.7 Å². The number of quaternary nitrogens is 1. The number of allylic oxidation sites excluding steroid dienone is 13. The fourth-order valence-electron chi connectivity index (χ4n) is 6.93. The molecule has 1 N–H and O–H groups in total. The lowest BCUT2D eigenvalue weighted by molar-refractivity contribution is -0.870. The Hall–Kier alpha value is -2.81. The fraction of sp³-hybridized carbons (Fsp3) is 0.709. The molecule has 0 aromatic carbocycles. The maximum Gasteiger partial charge on any atom is 0.306 e. The second-order valence-corrected chi connectivity index (χ2v) is 19.8. The first-order valence-electron chi connectivity index (χ1n) is 26.0. The molecule has 0 spiro atoms. The van der Waals surface area contributed by atoms with Gasteiger partial charge in [-0.25, -0.2) is 0 Å². The van der Waals surface area contributed by atoms with Crippen LogP contribution in [0.15, 0.2) is 85.1 Å². The average Bonchev–Trinajstić information content (AvgIpc) is 3.26. The number of phosphoric acid groups is 1. The Morgan fingerprint density at radius 2 is 0.985 bits per heavy atom. The number of phosphoric ester groups is 1. The van der Waals surface area contributed by atoms with E-state index in [-0.39, 0.29) is 31.3 Å². The van der Waals surface area contributed by atoms with Crippen LogP contribution < -0.4 is 10.2 Å². The Balaban J connectivity index is 5.46. The highest BCUT2D eigenvalue weighted by molar-refractivity contribution is 7.45. The normalized spacial score (nSPS) is 14.6. The first-order chi connectivity index (χ1) is 31.4. The molecule has 1 amide bonds. The number of unbranched alkanes of at least 4 members (excludes halogenated alkanes) is 21. The van der Waals surface area contributed by atoms with Gasteiger partial charge >= 0.3 is 5.97 Å². The van der Waals surface area contributed by atoms with Gasteiger partial charge in [0, 0.05) is 12.8 Å². The van der Waals surface area contributed by atoms with E-state index < -0.39 is 26.6 Å². The molecule has 0 radical (unpaired) electrons. The molecule has 3 unspecified atom stereocenters. The van der Waals surface area contributed by atoms with Gasteiger partial charge in [0.05, 0.1) is 33.8 Å². The zero-order chi connectivity index (χ0) is 48.0. The van der Waals surface area contributed by atoms with Gasteiger partial charge in [-0.3, -0.25) is 14.2 Å². The van der Waals surface area contributed by atoms with Gasteiger partial charge < -0.3 is 28.5 Å². The number of likely N-dealkylation sites (N-methyl/N-ethyl adjacent to an activating group) is 1. The van der Waals surface area contributed by atoms with Gasteiger partial charge in [0.25, 0.3) is 7.82 Å². The molecule has 0 fully saturated rings. The van der Waals surface area contributed by atoms with E-state index in [1.165, 1.54) is 64.2 Å². The van der Waals surface area contributed by atoms with Crippen LogP contribution in [0.5, 0.6) is 0 Å². The van der Waals surface area contributed by atoms with Crippen molar-refractivity contribution in [2.45, 2.75) is 213 Å². The number of carbonyl (C=O) groups is 2. The summed E-state index contributed by atoms with van der Waals surface area (Å²) in [6.45, 7) is 6.51. The van der Waals surface area contributed by atoms with E-state index in [1.54, 1.807) is 0 Å². The van der Waals surface area contributed by atoms with Crippen molar-refractivity contribution in [2.75, 3.05) is 40.9 Å². The van der Waals surface area contributed by atoms with Crippen LogP contribution in [0.2, 0.25) is 0 Å². The molecule has 0 aliphatic heterocycles. The minimum absolute atomic E-state index is 0.0328. The molecule has 0 saturated heterocycles. The number of esters is 1. The molecule has 374 valence electrons. The third-order valence-corrected chi connectivity index (χ3v) is 11.9. The van der Waals surface area contributed by atoms with Gasteiger partial charge in [0.2, 0.25) is 5.91 Å². The van der Waals surface area contributed by atoms with E-state index in [9.17, 15) is 19.0 Å². The van der Waals surface area contributed by atoms with Crippen LogP contribution in [-0.2, 0) is 27.9 Å². The van der Waals surface area contributed by atoms with Gasteiger partial charge in [0.15, 0.2) is 0 Å². The van der Waals surface area contributed by atoms with Gasteiger partial charge in [0.1, 0.15) is 19.3 Å². The summed E-state index contributed by atoms with van der Waals surface area (Å²) >= 11 is 0. The maximum atomic E-state index is 13.4. The standard InChI is InChI=1S/C55H97N2O7P/c1-7-10-13-16-19-22-25-27-28-30-33-36-39-42-45-48-55(59)64-53(46-43-40-37-34-31-24-21-18-15-12-9-3)52(51-63-65(60,61)62-50-49-57(4,5)6)56-54(58)47-44-41-38-35-32-29-26-23-20-17-14-11-8-2/h10-11,13-14,16-17,19-20,22-23,25-26,43,46,52-53H,7-9,12,15,18,21,24,27-42,44-45,47-51H2,1-6H3,(H-,56,58,60,61)/b13-10+,14-11+,19-16+,20-17+,25-22+,26-23-,46-43+. The van der Waals surface area contributed by atoms with E-state index in [1.807, 2.05) is 39.4 Å². The van der Waals surface area contributed by atoms with Crippen LogP contribution in [0.25, 0.3) is 0 Å². The number of nitrogens with one attached hydrogen (secondary N) is 1.